The number of nitrogens with one attached hydrogen (secondary N) is 2. The van der Waals surface area contributed by atoms with Gasteiger partial charge in [0.25, 0.3) is 11.8 Å². The van der Waals surface area contributed by atoms with Crippen molar-refractivity contribution in [3.05, 3.63) is 19.2 Å². The SMILES string of the molecule is CCNC(=O)C(=O)CCC(C)NC(=O)c1cc(Br)c(Br)s1. The minimum atomic E-state index is -0.567. The van der Waals surface area contributed by atoms with E-state index in [-0.39, 0.29) is 18.4 Å². The number of halogens is 2. The molecule has 0 aromatic carbocycles. The Bertz CT molecular complexity index is 526. The van der Waals surface area contributed by atoms with E-state index in [9.17, 15) is 14.4 Å². The summed E-state index contributed by atoms with van der Waals surface area (Å²) in [5.74, 6) is -1.22. The highest BCUT2D eigenvalue weighted by molar-refractivity contribution is 9.13. The number of amides is 2. The summed E-state index contributed by atoms with van der Waals surface area (Å²) in [7, 11) is 0. The molecule has 116 valence electrons. The minimum Gasteiger partial charge on any atom is -0.350 e. The fourth-order valence-electron chi connectivity index (χ4n) is 1.55. The summed E-state index contributed by atoms with van der Waals surface area (Å²) in [6.07, 6.45) is 0.542. The second-order valence-corrected chi connectivity index (χ2v) is 7.65. The largest absolute Gasteiger partial charge is 0.350 e. The molecule has 2 N–H and O–H groups in total. The van der Waals surface area contributed by atoms with E-state index in [1.165, 1.54) is 11.3 Å². The molecular weight excluding hydrogens is 424 g/mol. The Kier molecular flexibility index (Phi) is 7.55. The van der Waals surface area contributed by atoms with Gasteiger partial charge in [-0.15, -0.1) is 11.3 Å². The van der Waals surface area contributed by atoms with E-state index in [0.717, 1.165) is 8.26 Å². The molecule has 0 aliphatic carbocycles. The Morgan fingerprint density at radius 3 is 2.52 bits per heavy atom. The normalized spacial score (nSPS) is 11.8. The number of Topliss-reactive ketones (excluding diaryl/α,β-unsaturated/α-hetero) is 1. The lowest BCUT2D eigenvalue weighted by Crippen LogP contribution is -2.35. The van der Waals surface area contributed by atoms with Crippen molar-refractivity contribution in [2.45, 2.75) is 32.7 Å². The van der Waals surface area contributed by atoms with Gasteiger partial charge in [-0.25, -0.2) is 0 Å². The van der Waals surface area contributed by atoms with Crippen LogP contribution in [0, 0.1) is 0 Å². The van der Waals surface area contributed by atoms with Gasteiger partial charge < -0.3 is 10.6 Å². The van der Waals surface area contributed by atoms with Gasteiger partial charge in [0.05, 0.1) is 8.66 Å². The second kappa shape index (κ2) is 8.65. The molecule has 0 aliphatic heterocycles. The Morgan fingerprint density at radius 1 is 1.33 bits per heavy atom. The maximum atomic E-state index is 12.0. The molecule has 21 heavy (non-hydrogen) atoms. The van der Waals surface area contributed by atoms with Crippen molar-refractivity contribution in [1.29, 1.82) is 0 Å². The van der Waals surface area contributed by atoms with E-state index in [1.54, 1.807) is 19.9 Å². The second-order valence-electron chi connectivity index (χ2n) is 4.43. The summed E-state index contributed by atoms with van der Waals surface area (Å²) in [5.41, 5.74) is 0. The van der Waals surface area contributed by atoms with Crippen LogP contribution in [0.5, 0.6) is 0 Å². The Balaban J connectivity index is 2.43. The first-order valence-corrected chi connectivity index (χ1v) is 8.82. The molecule has 1 aromatic rings. The average Bonchev–Trinajstić information content (AvgIpc) is 2.76. The molecule has 1 aromatic heterocycles. The van der Waals surface area contributed by atoms with Crippen LogP contribution in [0.3, 0.4) is 0 Å². The zero-order chi connectivity index (χ0) is 16.0. The van der Waals surface area contributed by atoms with E-state index in [1.807, 2.05) is 0 Å². The molecule has 0 aliphatic rings. The summed E-state index contributed by atoms with van der Waals surface area (Å²) < 4.78 is 1.68. The molecule has 1 unspecified atom stereocenters. The highest BCUT2D eigenvalue weighted by atomic mass is 79.9. The lowest BCUT2D eigenvalue weighted by Gasteiger charge is -2.12. The van der Waals surface area contributed by atoms with Crippen LogP contribution < -0.4 is 10.6 Å². The van der Waals surface area contributed by atoms with Crippen LogP contribution in [-0.2, 0) is 9.59 Å². The zero-order valence-corrected chi connectivity index (χ0v) is 15.7. The summed E-state index contributed by atoms with van der Waals surface area (Å²) >= 11 is 7.99. The molecule has 0 saturated carbocycles. The highest BCUT2D eigenvalue weighted by Gasteiger charge is 2.17. The first-order valence-electron chi connectivity index (χ1n) is 6.41. The molecule has 2 amide bonds. The third-order valence-corrected chi connectivity index (χ3v) is 5.90. The smallest absolute Gasteiger partial charge is 0.287 e. The standard InChI is InChI=1S/C13H16Br2N2O3S/c1-3-16-12(19)9(18)5-4-7(2)17-13(20)10-6-8(14)11(15)21-10/h6-7H,3-5H2,1-2H3,(H,16,19)(H,17,20). The quantitative estimate of drug-likeness (QED) is 0.641. The van der Waals surface area contributed by atoms with E-state index in [4.69, 9.17) is 0 Å². The topological polar surface area (TPSA) is 75.3 Å². The van der Waals surface area contributed by atoms with Crippen molar-refractivity contribution in [2.75, 3.05) is 6.54 Å². The van der Waals surface area contributed by atoms with Crippen molar-refractivity contribution < 1.29 is 14.4 Å². The summed E-state index contributed by atoms with van der Waals surface area (Å²) in [6.45, 7) is 3.99. The minimum absolute atomic E-state index is 0.116. The molecule has 8 heteroatoms. The van der Waals surface area contributed by atoms with E-state index in [2.05, 4.69) is 42.5 Å². The Hall–Kier alpha value is -0.730. The van der Waals surface area contributed by atoms with Crippen LogP contribution in [0.4, 0.5) is 0 Å². The summed E-state index contributed by atoms with van der Waals surface area (Å²) in [4.78, 5) is 35.4. The van der Waals surface area contributed by atoms with Crippen molar-refractivity contribution in [3.63, 3.8) is 0 Å². The molecule has 0 bridgehead atoms. The Labute approximate surface area is 144 Å². The maximum Gasteiger partial charge on any atom is 0.287 e. The van der Waals surface area contributed by atoms with E-state index in [0.29, 0.717) is 17.8 Å². The molecule has 0 fully saturated rings. The number of hydrogen-bond acceptors (Lipinski definition) is 4. The predicted molar refractivity (Wildman–Crippen MR) is 89.6 cm³/mol. The third-order valence-electron chi connectivity index (χ3n) is 2.64. The van der Waals surface area contributed by atoms with Gasteiger partial charge in [0.2, 0.25) is 5.78 Å². The molecule has 1 rings (SSSR count). The molecular formula is C13H16Br2N2O3S. The van der Waals surface area contributed by atoms with Crippen molar-refractivity contribution in [2.24, 2.45) is 0 Å². The number of ketones is 1. The number of carbonyl (C=O) groups excluding carboxylic acids is 3. The summed E-state index contributed by atoms with van der Waals surface area (Å²) in [6, 6.07) is 1.55. The third kappa shape index (κ3) is 5.88. The van der Waals surface area contributed by atoms with Crippen LogP contribution in [0.15, 0.2) is 14.3 Å². The van der Waals surface area contributed by atoms with E-state index < -0.39 is 11.7 Å². The molecule has 5 nitrogen and oxygen atoms in total. The maximum absolute atomic E-state index is 12.0. The monoisotopic (exact) mass is 438 g/mol. The fourth-order valence-corrected chi connectivity index (χ4v) is 3.48. The van der Waals surface area contributed by atoms with Gasteiger partial charge in [-0.05, 0) is 58.2 Å². The van der Waals surface area contributed by atoms with Gasteiger partial charge in [0.15, 0.2) is 0 Å². The van der Waals surface area contributed by atoms with Crippen molar-refractivity contribution in [3.8, 4) is 0 Å². The lowest BCUT2D eigenvalue weighted by atomic mass is 10.1. The van der Waals surface area contributed by atoms with Crippen LogP contribution in [0.1, 0.15) is 36.4 Å². The summed E-state index contributed by atoms with van der Waals surface area (Å²) in [5, 5.41) is 5.27. The molecule has 0 saturated heterocycles. The lowest BCUT2D eigenvalue weighted by molar-refractivity contribution is -0.137. The van der Waals surface area contributed by atoms with Crippen molar-refractivity contribution in [1.82, 2.24) is 10.6 Å². The number of thiophene rings is 1. The van der Waals surface area contributed by atoms with Crippen LogP contribution in [0.2, 0.25) is 0 Å². The number of hydrogen-bond donors (Lipinski definition) is 2. The van der Waals surface area contributed by atoms with Crippen LogP contribution in [-0.4, -0.2) is 30.2 Å². The number of carbonyl (C=O) groups is 3. The van der Waals surface area contributed by atoms with Gasteiger partial charge in [0, 0.05) is 23.5 Å². The highest BCUT2D eigenvalue weighted by Crippen LogP contribution is 2.32. The first kappa shape index (κ1) is 18.3. The molecule has 1 heterocycles. The van der Waals surface area contributed by atoms with E-state index >= 15 is 0 Å². The molecule has 0 spiro atoms. The van der Waals surface area contributed by atoms with Gasteiger partial charge in [-0.1, -0.05) is 0 Å². The number of likely N-dealkylation sites (N-methyl/N-ethyl adjacent to an activating group) is 1. The van der Waals surface area contributed by atoms with Crippen LogP contribution in [0.25, 0.3) is 0 Å². The predicted octanol–water partition coefficient (Wildman–Crippen LogP) is 2.88. The van der Waals surface area contributed by atoms with Gasteiger partial charge in [-0.3, -0.25) is 14.4 Å². The zero-order valence-electron chi connectivity index (χ0n) is 11.7. The molecule has 0 radical (unpaired) electrons. The Morgan fingerprint density at radius 2 is 2.00 bits per heavy atom. The number of rotatable bonds is 7. The van der Waals surface area contributed by atoms with Crippen LogP contribution >= 0.6 is 43.2 Å². The van der Waals surface area contributed by atoms with Gasteiger partial charge in [-0.2, -0.15) is 0 Å². The molecule has 1 atom stereocenters. The average molecular weight is 440 g/mol. The van der Waals surface area contributed by atoms with Crippen molar-refractivity contribution >= 4 is 60.8 Å². The fraction of sp³-hybridized carbons (Fsp3) is 0.462. The van der Waals surface area contributed by atoms with Gasteiger partial charge >= 0.3 is 0 Å². The van der Waals surface area contributed by atoms with Gasteiger partial charge in [0.1, 0.15) is 0 Å². The first-order chi connectivity index (χ1) is 9.85.